The largest absolute Gasteiger partial charge is 0.387 e. The SMILES string of the molecule is CN(C)CC(C)(O)CN1CCCCC1=O. The van der Waals surface area contributed by atoms with Crippen molar-refractivity contribution in [3.8, 4) is 0 Å². The number of carbonyl (C=O) groups is 1. The first-order valence-corrected chi connectivity index (χ1v) is 5.56. The number of aliphatic hydroxyl groups is 1. The van der Waals surface area contributed by atoms with Crippen molar-refractivity contribution < 1.29 is 9.90 Å². The number of hydrogen-bond donors (Lipinski definition) is 1. The van der Waals surface area contributed by atoms with Gasteiger partial charge >= 0.3 is 0 Å². The fourth-order valence-corrected chi connectivity index (χ4v) is 2.17. The molecule has 15 heavy (non-hydrogen) atoms. The molecule has 0 aromatic rings. The van der Waals surface area contributed by atoms with Gasteiger partial charge in [0.15, 0.2) is 0 Å². The van der Waals surface area contributed by atoms with Gasteiger partial charge in [-0.15, -0.1) is 0 Å². The number of hydrogen-bond acceptors (Lipinski definition) is 3. The third kappa shape index (κ3) is 4.18. The van der Waals surface area contributed by atoms with Crippen LogP contribution in [0.1, 0.15) is 26.2 Å². The molecule has 1 unspecified atom stereocenters. The van der Waals surface area contributed by atoms with Crippen LogP contribution in [0.3, 0.4) is 0 Å². The molecule has 4 nitrogen and oxygen atoms in total. The molecule has 0 aromatic carbocycles. The summed E-state index contributed by atoms with van der Waals surface area (Å²) < 4.78 is 0. The summed E-state index contributed by atoms with van der Waals surface area (Å²) in [6, 6.07) is 0. The molecular weight excluding hydrogens is 192 g/mol. The van der Waals surface area contributed by atoms with Crippen LogP contribution in [0.2, 0.25) is 0 Å². The van der Waals surface area contributed by atoms with Crippen molar-refractivity contribution in [2.75, 3.05) is 33.7 Å². The lowest BCUT2D eigenvalue weighted by molar-refractivity contribution is -0.137. The van der Waals surface area contributed by atoms with Crippen LogP contribution in [0.15, 0.2) is 0 Å². The van der Waals surface area contributed by atoms with E-state index in [-0.39, 0.29) is 5.91 Å². The molecule has 0 radical (unpaired) electrons. The fourth-order valence-electron chi connectivity index (χ4n) is 2.17. The fraction of sp³-hybridized carbons (Fsp3) is 0.909. The van der Waals surface area contributed by atoms with Crippen LogP contribution in [-0.2, 0) is 4.79 Å². The third-order valence-corrected chi connectivity index (χ3v) is 2.61. The molecule has 0 bridgehead atoms. The summed E-state index contributed by atoms with van der Waals surface area (Å²) in [6.07, 6.45) is 2.69. The van der Waals surface area contributed by atoms with Crippen LogP contribution >= 0.6 is 0 Å². The second-order valence-corrected chi connectivity index (χ2v) is 5.01. The quantitative estimate of drug-likeness (QED) is 0.732. The predicted molar refractivity (Wildman–Crippen MR) is 59.6 cm³/mol. The molecule has 1 aliphatic heterocycles. The minimum atomic E-state index is -0.809. The molecule has 0 aliphatic carbocycles. The zero-order valence-electron chi connectivity index (χ0n) is 9.99. The van der Waals surface area contributed by atoms with Crippen molar-refractivity contribution in [3.05, 3.63) is 0 Å². The van der Waals surface area contributed by atoms with Gasteiger partial charge in [-0.2, -0.15) is 0 Å². The zero-order valence-corrected chi connectivity index (χ0v) is 9.99. The van der Waals surface area contributed by atoms with E-state index in [1.807, 2.05) is 19.0 Å². The van der Waals surface area contributed by atoms with Crippen LogP contribution in [0.25, 0.3) is 0 Å². The highest BCUT2D eigenvalue weighted by Crippen LogP contribution is 2.15. The van der Waals surface area contributed by atoms with Gasteiger partial charge in [-0.1, -0.05) is 0 Å². The van der Waals surface area contributed by atoms with Gasteiger partial charge in [0.25, 0.3) is 0 Å². The molecule has 1 saturated heterocycles. The topological polar surface area (TPSA) is 43.8 Å². The lowest BCUT2D eigenvalue weighted by Gasteiger charge is -2.35. The third-order valence-electron chi connectivity index (χ3n) is 2.61. The van der Waals surface area contributed by atoms with E-state index in [4.69, 9.17) is 0 Å². The normalized spacial score (nSPS) is 21.9. The molecule has 88 valence electrons. The van der Waals surface area contributed by atoms with E-state index >= 15 is 0 Å². The Balaban J connectivity index is 2.47. The van der Waals surface area contributed by atoms with Crippen molar-refractivity contribution in [2.24, 2.45) is 0 Å². The number of nitrogens with zero attached hydrogens (tertiary/aromatic N) is 2. The second kappa shape index (κ2) is 4.94. The maximum Gasteiger partial charge on any atom is 0.222 e. The van der Waals surface area contributed by atoms with E-state index in [0.29, 0.717) is 19.5 Å². The molecule has 0 saturated carbocycles. The maximum atomic E-state index is 11.6. The van der Waals surface area contributed by atoms with Crippen molar-refractivity contribution in [3.63, 3.8) is 0 Å². The van der Waals surface area contributed by atoms with Crippen molar-refractivity contribution >= 4 is 5.91 Å². The second-order valence-electron chi connectivity index (χ2n) is 5.01. The number of likely N-dealkylation sites (tertiary alicyclic amines) is 1. The average Bonchev–Trinajstić information content (AvgIpc) is 2.06. The number of amides is 1. The lowest BCUT2D eigenvalue weighted by atomic mass is 10.0. The van der Waals surface area contributed by atoms with Crippen LogP contribution in [0.4, 0.5) is 0 Å². The van der Waals surface area contributed by atoms with E-state index in [2.05, 4.69) is 0 Å². The van der Waals surface area contributed by atoms with Crippen LogP contribution in [-0.4, -0.2) is 60.1 Å². The molecular formula is C11H22N2O2. The monoisotopic (exact) mass is 214 g/mol. The van der Waals surface area contributed by atoms with E-state index in [9.17, 15) is 9.90 Å². The van der Waals surface area contributed by atoms with Crippen LogP contribution < -0.4 is 0 Å². The Morgan fingerprint density at radius 3 is 2.67 bits per heavy atom. The minimum absolute atomic E-state index is 0.181. The first-order chi connectivity index (χ1) is 6.91. The summed E-state index contributed by atoms with van der Waals surface area (Å²) in [7, 11) is 3.85. The smallest absolute Gasteiger partial charge is 0.222 e. The Morgan fingerprint density at radius 1 is 1.47 bits per heavy atom. The Morgan fingerprint density at radius 2 is 2.13 bits per heavy atom. The number of piperidine rings is 1. The van der Waals surface area contributed by atoms with E-state index < -0.39 is 5.60 Å². The number of β-amino-alcohol motifs (C(OH)–C–C–N with tert-alkyl or cyclic N) is 1. The van der Waals surface area contributed by atoms with Crippen LogP contribution in [0, 0.1) is 0 Å². The van der Waals surface area contributed by atoms with Gasteiger partial charge in [0.1, 0.15) is 0 Å². The van der Waals surface area contributed by atoms with Gasteiger partial charge in [0.2, 0.25) is 5.91 Å². The highest BCUT2D eigenvalue weighted by molar-refractivity contribution is 5.76. The summed E-state index contributed by atoms with van der Waals surface area (Å²) in [6.45, 7) is 3.61. The maximum absolute atomic E-state index is 11.6. The van der Waals surface area contributed by atoms with Gasteiger partial charge in [0.05, 0.1) is 12.1 Å². The Labute approximate surface area is 91.9 Å². The predicted octanol–water partition coefficient (Wildman–Crippen LogP) is 0.311. The van der Waals surface area contributed by atoms with E-state index in [1.165, 1.54) is 0 Å². The molecule has 0 spiro atoms. The van der Waals surface area contributed by atoms with Gasteiger partial charge in [-0.25, -0.2) is 0 Å². The molecule has 4 heteroatoms. The Hall–Kier alpha value is -0.610. The molecule has 1 fully saturated rings. The summed E-state index contributed by atoms with van der Waals surface area (Å²) in [5.74, 6) is 0.181. The van der Waals surface area contributed by atoms with Crippen molar-refractivity contribution in [1.29, 1.82) is 0 Å². The first kappa shape index (κ1) is 12.5. The average molecular weight is 214 g/mol. The summed E-state index contributed by atoms with van der Waals surface area (Å²) in [5, 5.41) is 10.1. The number of carbonyl (C=O) groups excluding carboxylic acids is 1. The highest BCUT2D eigenvalue weighted by Gasteiger charge is 2.28. The van der Waals surface area contributed by atoms with Gasteiger partial charge in [-0.05, 0) is 33.9 Å². The van der Waals surface area contributed by atoms with E-state index in [0.717, 1.165) is 19.4 Å². The Bertz CT molecular complexity index is 227. The Kier molecular flexibility index (Phi) is 4.11. The van der Waals surface area contributed by atoms with Gasteiger partial charge in [-0.3, -0.25) is 4.79 Å². The van der Waals surface area contributed by atoms with Gasteiger partial charge in [0, 0.05) is 19.5 Å². The molecule has 0 aromatic heterocycles. The van der Waals surface area contributed by atoms with Gasteiger partial charge < -0.3 is 14.9 Å². The molecule has 1 heterocycles. The molecule has 1 rings (SSSR count). The zero-order chi connectivity index (χ0) is 11.5. The summed E-state index contributed by atoms with van der Waals surface area (Å²) >= 11 is 0. The molecule has 1 N–H and O–H groups in total. The molecule has 1 amide bonds. The van der Waals surface area contributed by atoms with Crippen molar-refractivity contribution in [1.82, 2.24) is 9.80 Å². The van der Waals surface area contributed by atoms with E-state index in [1.54, 1.807) is 11.8 Å². The summed E-state index contributed by atoms with van der Waals surface area (Å²) in [5.41, 5.74) is -0.809. The van der Waals surface area contributed by atoms with Crippen molar-refractivity contribution in [2.45, 2.75) is 31.8 Å². The summed E-state index contributed by atoms with van der Waals surface area (Å²) in [4.78, 5) is 15.3. The first-order valence-electron chi connectivity index (χ1n) is 5.56. The molecule has 1 atom stereocenters. The molecule has 1 aliphatic rings. The highest BCUT2D eigenvalue weighted by atomic mass is 16.3. The van der Waals surface area contributed by atoms with Crippen LogP contribution in [0.5, 0.6) is 0 Å². The number of rotatable bonds is 4. The number of likely N-dealkylation sites (N-methyl/N-ethyl adjacent to an activating group) is 1. The lowest BCUT2D eigenvalue weighted by Crippen LogP contribution is -2.50. The minimum Gasteiger partial charge on any atom is -0.387 e. The standard InChI is InChI=1S/C11H22N2O2/c1-11(15,8-12(2)3)9-13-7-5-4-6-10(13)14/h15H,4-9H2,1-3H3.